The smallest absolute Gasteiger partial charge is 0.216 e. The molecule has 0 saturated carbocycles. The zero-order valence-electron chi connectivity index (χ0n) is 14.4. The number of nitrogens with zero attached hydrogens (tertiary/aromatic N) is 3. The standard InChI is InChI=1S/C18H22N6O/c1-13-6-3-4-7-14(13)12-21-18(19-2)20-10-9-16-22-17(24-23-16)15-8-5-11-25-15/h3-8,11H,9-10,12H2,1-2H3,(H2,19,20,21)(H,22,23,24). The Hall–Kier alpha value is -3.09. The molecule has 0 saturated heterocycles. The van der Waals surface area contributed by atoms with Gasteiger partial charge in [-0.15, -0.1) is 0 Å². The highest BCUT2D eigenvalue weighted by atomic mass is 16.3. The molecular weight excluding hydrogens is 316 g/mol. The Morgan fingerprint density at radius 1 is 1.20 bits per heavy atom. The second-order valence-corrected chi connectivity index (χ2v) is 5.61. The largest absolute Gasteiger partial charge is 0.461 e. The summed E-state index contributed by atoms with van der Waals surface area (Å²) in [7, 11) is 1.76. The monoisotopic (exact) mass is 338 g/mol. The Morgan fingerprint density at radius 2 is 2.08 bits per heavy atom. The molecule has 0 bridgehead atoms. The van der Waals surface area contributed by atoms with Crippen LogP contribution in [0.15, 0.2) is 52.1 Å². The fraction of sp³-hybridized carbons (Fsp3) is 0.278. The first-order valence-electron chi connectivity index (χ1n) is 8.20. The number of H-pyrrole nitrogens is 1. The van der Waals surface area contributed by atoms with Gasteiger partial charge >= 0.3 is 0 Å². The van der Waals surface area contributed by atoms with E-state index in [9.17, 15) is 0 Å². The third-order valence-corrected chi connectivity index (χ3v) is 3.86. The van der Waals surface area contributed by atoms with Crippen molar-refractivity contribution in [2.45, 2.75) is 19.9 Å². The summed E-state index contributed by atoms with van der Waals surface area (Å²) in [5.74, 6) is 2.79. The zero-order valence-corrected chi connectivity index (χ0v) is 14.4. The highest BCUT2D eigenvalue weighted by Crippen LogP contribution is 2.14. The summed E-state index contributed by atoms with van der Waals surface area (Å²) in [6, 6.07) is 12.0. The maximum absolute atomic E-state index is 5.29. The summed E-state index contributed by atoms with van der Waals surface area (Å²) in [6.07, 6.45) is 2.32. The number of guanidine groups is 1. The quantitative estimate of drug-likeness (QED) is 0.474. The van der Waals surface area contributed by atoms with Gasteiger partial charge in [0.2, 0.25) is 5.82 Å². The molecule has 0 fully saturated rings. The predicted octanol–water partition coefficient (Wildman–Crippen LogP) is 2.28. The van der Waals surface area contributed by atoms with Gasteiger partial charge in [0.1, 0.15) is 5.82 Å². The summed E-state index contributed by atoms with van der Waals surface area (Å²) in [6.45, 7) is 3.53. The SMILES string of the molecule is CN=C(NCCc1nc(-c2ccco2)n[nH]1)NCc1ccccc1C. The van der Waals surface area contributed by atoms with Crippen LogP contribution in [-0.2, 0) is 13.0 Å². The number of benzene rings is 1. The van der Waals surface area contributed by atoms with E-state index in [1.165, 1.54) is 11.1 Å². The van der Waals surface area contributed by atoms with Gasteiger partial charge in [-0.05, 0) is 30.2 Å². The maximum atomic E-state index is 5.29. The van der Waals surface area contributed by atoms with Gasteiger partial charge in [-0.1, -0.05) is 24.3 Å². The molecule has 2 aromatic heterocycles. The number of furan rings is 1. The van der Waals surface area contributed by atoms with Gasteiger partial charge in [0.15, 0.2) is 11.7 Å². The van der Waals surface area contributed by atoms with E-state index in [1.807, 2.05) is 24.3 Å². The minimum atomic E-state index is 0.571. The van der Waals surface area contributed by atoms with Crippen LogP contribution in [0.5, 0.6) is 0 Å². The van der Waals surface area contributed by atoms with Gasteiger partial charge < -0.3 is 15.1 Å². The van der Waals surface area contributed by atoms with E-state index < -0.39 is 0 Å². The average molecular weight is 338 g/mol. The molecule has 0 amide bonds. The molecule has 3 aromatic rings. The van der Waals surface area contributed by atoms with Crippen molar-refractivity contribution < 1.29 is 4.42 Å². The Kier molecular flexibility index (Phi) is 5.46. The summed E-state index contributed by atoms with van der Waals surface area (Å²) in [5.41, 5.74) is 2.52. The molecule has 7 heteroatoms. The van der Waals surface area contributed by atoms with Gasteiger partial charge in [0.25, 0.3) is 0 Å². The van der Waals surface area contributed by atoms with Crippen molar-refractivity contribution in [3.8, 4) is 11.6 Å². The lowest BCUT2D eigenvalue weighted by molar-refractivity contribution is 0.577. The first-order chi connectivity index (χ1) is 12.3. The second-order valence-electron chi connectivity index (χ2n) is 5.61. The molecule has 25 heavy (non-hydrogen) atoms. The Balaban J connectivity index is 1.46. The molecule has 0 atom stereocenters. The second kappa shape index (κ2) is 8.14. The van der Waals surface area contributed by atoms with Crippen LogP contribution in [0.25, 0.3) is 11.6 Å². The summed E-state index contributed by atoms with van der Waals surface area (Å²) in [5, 5.41) is 13.7. The lowest BCUT2D eigenvalue weighted by Crippen LogP contribution is -2.38. The van der Waals surface area contributed by atoms with E-state index in [2.05, 4.69) is 49.9 Å². The van der Waals surface area contributed by atoms with Crippen LogP contribution >= 0.6 is 0 Å². The first kappa shape index (κ1) is 16.8. The van der Waals surface area contributed by atoms with E-state index >= 15 is 0 Å². The Morgan fingerprint density at radius 3 is 2.84 bits per heavy atom. The van der Waals surface area contributed by atoms with Crippen LogP contribution in [0.3, 0.4) is 0 Å². The molecule has 0 spiro atoms. The number of nitrogens with one attached hydrogen (secondary N) is 3. The number of rotatable bonds is 6. The zero-order chi connectivity index (χ0) is 17.5. The maximum Gasteiger partial charge on any atom is 0.216 e. The Bertz CT molecular complexity index is 822. The first-order valence-corrected chi connectivity index (χ1v) is 8.20. The topological polar surface area (TPSA) is 91.1 Å². The van der Waals surface area contributed by atoms with Gasteiger partial charge in [0.05, 0.1) is 6.26 Å². The molecule has 0 radical (unpaired) electrons. The normalized spacial score (nSPS) is 11.5. The van der Waals surface area contributed by atoms with Gasteiger partial charge in [-0.25, -0.2) is 4.98 Å². The highest BCUT2D eigenvalue weighted by Gasteiger charge is 2.08. The molecule has 2 heterocycles. The van der Waals surface area contributed by atoms with Crippen molar-refractivity contribution >= 4 is 5.96 Å². The molecule has 3 N–H and O–H groups in total. The third kappa shape index (κ3) is 4.47. The summed E-state index contributed by atoms with van der Waals surface area (Å²) < 4.78 is 5.29. The van der Waals surface area contributed by atoms with Gasteiger partial charge in [-0.2, -0.15) is 5.10 Å². The van der Waals surface area contributed by atoms with Crippen molar-refractivity contribution in [2.75, 3.05) is 13.6 Å². The molecule has 0 unspecified atom stereocenters. The number of aryl methyl sites for hydroxylation is 1. The lowest BCUT2D eigenvalue weighted by Gasteiger charge is -2.12. The van der Waals surface area contributed by atoms with Crippen molar-refractivity contribution in [3.63, 3.8) is 0 Å². The predicted molar refractivity (Wildman–Crippen MR) is 97.2 cm³/mol. The number of aromatic nitrogens is 3. The van der Waals surface area contributed by atoms with E-state index in [1.54, 1.807) is 13.3 Å². The Labute approximate surface area is 146 Å². The van der Waals surface area contributed by atoms with Crippen LogP contribution in [0.4, 0.5) is 0 Å². The molecule has 0 aliphatic heterocycles. The fourth-order valence-corrected chi connectivity index (χ4v) is 2.43. The van der Waals surface area contributed by atoms with Crippen LogP contribution < -0.4 is 10.6 Å². The number of hydrogen-bond donors (Lipinski definition) is 3. The van der Waals surface area contributed by atoms with E-state index in [4.69, 9.17) is 4.42 Å². The van der Waals surface area contributed by atoms with Crippen molar-refractivity contribution in [1.82, 2.24) is 25.8 Å². The lowest BCUT2D eigenvalue weighted by atomic mass is 10.1. The van der Waals surface area contributed by atoms with E-state index in [0.29, 0.717) is 24.6 Å². The minimum Gasteiger partial charge on any atom is -0.461 e. The number of aliphatic imine (C=N–C) groups is 1. The molecule has 7 nitrogen and oxygen atoms in total. The van der Waals surface area contributed by atoms with E-state index in [0.717, 1.165) is 18.3 Å². The van der Waals surface area contributed by atoms with Crippen LogP contribution in [0.1, 0.15) is 17.0 Å². The minimum absolute atomic E-state index is 0.571. The molecule has 1 aromatic carbocycles. The molecule has 0 aliphatic carbocycles. The third-order valence-electron chi connectivity index (χ3n) is 3.86. The molecular formula is C18H22N6O. The highest BCUT2D eigenvalue weighted by molar-refractivity contribution is 5.79. The van der Waals surface area contributed by atoms with Crippen LogP contribution in [0.2, 0.25) is 0 Å². The molecule has 0 aliphatic rings. The average Bonchev–Trinajstić information content (AvgIpc) is 3.30. The summed E-state index contributed by atoms with van der Waals surface area (Å²) >= 11 is 0. The van der Waals surface area contributed by atoms with E-state index in [-0.39, 0.29) is 0 Å². The van der Waals surface area contributed by atoms with Gasteiger partial charge in [-0.3, -0.25) is 10.1 Å². The number of hydrogen-bond acceptors (Lipinski definition) is 4. The van der Waals surface area contributed by atoms with Crippen LogP contribution in [0, 0.1) is 6.92 Å². The van der Waals surface area contributed by atoms with Crippen LogP contribution in [-0.4, -0.2) is 34.7 Å². The van der Waals surface area contributed by atoms with Crippen molar-refractivity contribution in [3.05, 3.63) is 59.6 Å². The molecule has 3 rings (SSSR count). The van der Waals surface area contributed by atoms with Gasteiger partial charge in [0, 0.05) is 26.6 Å². The van der Waals surface area contributed by atoms with Crippen molar-refractivity contribution in [1.29, 1.82) is 0 Å². The molecule has 130 valence electrons. The van der Waals surface area contributed by atoms with Crippen molar-refractivity contribution in [2.24, 2.45) is 4.99 Å². The fourth-order valence-electron chi connectivity index (χ4n) is 2.43. The number of aromatic amines is 1. The summed E-state index contributed by atoms with van der Waals surface area (Å²) in [4.78, 5) is 8.66.